The van der Waals surface area contributed by atoms with Crippen LogP contribution in [0.3, 0.4) is 0 Å². The number of ether oxygens (including phenoxy) is 1. The van der Waals surface area contributed by atoms with Gasteiger partial charge in [-0.2, -0.15) is 0 Å². The van der Waals surface area contributed by atoms with E-state index in [1.807, 2.05) is 0 Å². The smallest absolute Gasteiger partial charge is 0.255 e. The number of hydrogen-bond acceptors (Lipinski definition) is 5. The highest BCUT2D eigenvalue weighted by Crippen LogP contribution is 2.19. The van der Waals surface area contributed by atoms with E-state index < -0.39 is 0 Å². The normalized spacial score (nSPS) is 19.5. The Bertz CT molecular complexity index is 379. The summed E-state index contributed by atoms with van der Waals surface area (Å²) in [4.78, 5) is 11.7. The summed E-state index contributed by atoms with van der Waals surface area (Å²) < 4.78 is 5.29. The minimum atomic E-state index is -0.329. The summed E-state index contributed by atoms with van der Waals surface area (Å²) in [5.41, 5.74) is 0. The van der Waals surface area contributed by atoms with Crippen molar-refractivity contribution < 1.29 is 9.53 Å². The van der Waals surface area contributed by atoms with Gasteiger partial charge in [0.15, 0.2) is 0 Å². The largest absolute Gasteiger partial charge is 0.368 e. The van der Waals surface area contributed by atoms with E-state index in [1.165, 1.54) is 11.3 Å². The first-order valence-corrected chi connectivity index (χ1v) is 6.95. The maximum absolute atomic E-state index is 11.7. The minimum absolute atomic E-state index is 0.123. The highest BCUT2D eigenvalue weighted by Gasteiger charge is 2.24. The summed E-state index contributed by atoms with van der Waals surface area (Å²) >= 11 is 6.99. The molecule has 1 aliphatic heterocycles. The zero-order chi connectivity index (χ0) is 12.1. The van der Waals surface area contributed by atoms with Crippen LogP contribution in [0.25, 0.3) is 0 Å². The third kappa shape index (κ3) is 3.62. The molecule has 0 radical (unpaired) electrons. The molecule has 1 fully saturated rings. The Morgan fingerprint density at radius 1 is 1.59 bits per heavy atom. The second-order valence-corrected chi connectivity index (χ2v) is 5.22. The molecule has 0 spiro atoms. The Morgan fingerprint density at radius 2 is 2.47 bits per heavy atom. The van der Waals surface area contributed by atoms with Gasteiger partial charge in [-0.05, 0) is 19.3 Å². The third-order valence-corrected chi connectivity index (χ3v) is 3.61. The van der Waals surface area contributed by atoms with Crippen LogP contribution in [0.2, 0.25) is 0 Å². The third-order valence-electron chi connectivity index (χ3n) is 2.44. The van der Waals surface area contributed by atoms with Gasteiger partial charge in [0.25, 0.3) is 5.91 Å². The minimum Gasteiger partial charge on any atom is -0.368 e. The molecule has 1 aromatic heterocycles. The number of carbonyl (C=O) groups is 1. The van der Waals surface area contributed by atoms with E-state index in [2.05, 4.69) is 15.5 Å². The van der Waals surface area contributed by atoms with Crippen molar-refractivity contribution in [2.75, 3.05) is 17.8 Å². The van der Waals surface area contributed by atoms with E-state index in [-0.39, 0.29) is 12.0 Å². The number of alkyl halides is 1. The van der Waals surface area contributed by atoms with E-state index in [4.69, 9.17) is 16.3 Å². The quantitative estimate of drug-likeness (QED) is 0.833. The average Bonchev–Trinajstić information content (AvgIpc) is 2.97. The highest BCUT2D eigenvalue weighted by molar-refractivity contribution is 7.15. The Balaban J connectivity index is 1.85. The van der Waals surface area contributed by atoms with Gasteiger partial charge in [-0.3, -0.25) is 10.1 Å². The standard InChI is InChI=1S/C10H14ClN3O2S/c11-5-1-4-8-13-14-10(17-8)12-9(15)7-3-2-6-16-7/h7H,1-6H2,(H,12,14,15). The molecule has 0 saturated carbocycles. The Morgan fingerprint density at radius 3 is 3.18 bits per heavy atom. The van der Waals surface area contributed by atoms with Crippen LogP contribution in [0.4, 0.5) is 5.13 Å². The Hall–Kier alpha value is -0.720. The number of hydrogen-bond donors (Lipinski definition) is 1. The molecule has 0 aliphatic carbocycles. The van der Waals surface area contributed by atoms with Crippen molar-refractivity contribution >= 4 is 34.0 Å². The van der Waals surface area contributed by atoms with E-state index in [0.29, 0.717) is 17.6 Å². The molecule has 7 heteroatoms. The number of halogens is 1. The first-order valence-electron chi connectivity index (χ1n) is 5.60. The van der Waals surface area contributed by atoms with Crippen LogP contribution in [0.1, 0.15) is 24.3 Å². The molecule has 94 valence electrons. The predicted octanol–water partition coefficient (Wildman–Crippen LogP) is 1.83. The molecule has 1 N–H and O–H groups in total. The summed E-state index contributed by atoms with van der Waals surface area (Å²) in [6.45, 7) is 0.662. The molecular formula is C10H14ClN3O2S. The van der Waals surface area contributed by atoms with Crippen molar-refractivity contribution in [2.24, 2.45) is 0 Å². The fraction of sp³-hybridized carbons (Fsp3) is 0.700. The SMILES string of the molecule is O=C(Nc1nnc(CCCCl)s1)C1CCCO1. The van der Waals surface area contributed by atoms with Gasteiger partial charge in [-0.15, -0.1) is 21.8 Å². The van der Waals surface area contributed by atoms with Crippen LogP contribution in [0.15, 0.2) is 0 Å². The van der Waals surface area contributed by atoms with Crippen LogP contribution in [0.5, 0.6) is 0 Å². The summed E-state index contributed by atoms with van der Waals surface area (Å²) in [5, 5.41) is 12.1. The van der Waals surface area contributed by atoms with Crippen LogP contribution in [-0.2, 0) is 16.0 Å². The zero-order valence-corrected chi connectivity index (χ0v) is 10.9. The molecule has 2 heterocycles. The van der Waals surface area contributed by atoms with Crippen molar-refractivity contribution in [1.29, 1.82) is 0 Å². The number of anilines is 1. The van der Waals surface area contributed by atoms with Crippen molar-refractivity contribution in [1.82, 2.24) is 10.2 Å². The average molecular weight is 276 g/mol. The topological polar surface area (TPSA) is 64.1 Å². The first kappa shape index (κ1) is 12.7. The molecule has 1 unspecified atom stereocenters. The predicted molar refractivity (Wildman–Crippen MR) is 66.6 cm³/mol. The highest BCUT2D eigenvalue weighted by atomic mass is 35.5. The molecular weight excluding hydrogens is 262 g/mol. The van der Waals surface area contributed by atoms with E-state index in [1.54, 1.807) is 0 Å². The summed E-state index contributed by atoms with van der Waals surface area (Å²) in [7, 11) is 0. The molecule has 0 bridgehead atoms. The van der Waals surface area contributed by atoms with Gasteiger partial charge in [-0.25, -0.2) is 0 Å². The molecule has 1 saturated heterocycles. The van der Waals surface area contributed by atoms with Crippen molar-refractivity contribution in [3.63, 3.8) is 0 Å². The lowest BCUT2D eigenvalue weighted by molar-refractivity contribution is -0.124. The number of nitrogens with one attached hydrogen (secondary N) is 1. The van der Waals surface area contributed by atoms with Gasteiger partial charge in [-0.1, -0.05) is 11.3 Å². The molecule has 0 aromatic carbocycles. The van der Waals surface area contributed by atoms with E-state index in [0.717, 1.165) is 30.7 Å². The van der Waals surface area contributed by atoms with Crippen LogP contribution < -0.4 is 5.32 Å². The molecule has 1 aromatic rings. The van der Waals surface area contributed by atoms with Crippen LogP contribution >= 0.6 is 22.9 Å². The van der Waals surface area contributed by atoms with Crippen molar-refractivity contribution in [3.05, 3.63) is 5.01 Å². The molecule has 2 rings (SSSR count). The number of rotatable bonds is 5. The van der Waals surface area contributed by atoms with Crippen LogP contribution in [-0.4, -0.2) is 34.7 Å². The number of carbonyl (C=O) groups excluding carboxylic acids is 1. The summed E-state index contributed by atoms with van der Waals surface area (Å²) in [6, 6.07) is 0. The molecule has 17 heavy (non-hydrogen) atoms. The Kier molecular flexibility index (Phi) is 4.70. The van der Waals surface area contributed by atoms with E-state index >= 15 is 0 Å². The zero-order valence-electron chi connectivity index (χ0n) is 9.32. The maximum atomic E-state index is 11.7. The van der Waals surface area contributed by atoms with E-state index in [9.17, 15) is 4.79 Å². The summed E-state index contributed by atoms with van der Waals surface area (Å²) in [5.74, 6) is 0.486. The number of aryl methyl sites for hydroxylation is 1. The van der Waals surface area contributed by atoms with Crippen molar-refractivity contribution in [3.8, 4) is 0 Å². The molecule has 5 nitrogen and oxygen atoms in total. The second kappa shape index (κ2) is 6.28. The monoisotopic (exact) mass is 275 g/mol. The summed E-state index contributed by atoms with van der Waals surface area (Å²) in [6.07, 6.45) is 3.07. The van der Waals surface area contributed by atoms with Gasteiger partial charge >= 0.3 is 0 Å². The van der Waals surface area contributed by atoms with Gasteiger partial charge in [0.1, 0.15) is 11.1 Å². The van der Waals surface area contributed by atoms with Crippen LogP contribution in [0, 0.1) is 0 Å². The van der Waals surface area contributed by atoms with Gasteiger partial charge < -0.3 is 4.74 Å². The fourth-order valence-corrected chi connectivity index (χ4v) is 2.51. The van der Waals surface area contributed by atoms with Gasteiger partial charge in [0.05, 0.1) is 0 Å². The van der Waals surface area contributed by atoms with Gasteiger partial charge in [0.2, 0.25) is 5.13 Å². The molecule has 1 atom stereocenters. The molecule has 1 aliphatic rings. The Labute approximate surface area is 109 Å². The number of nitrogens with zero attached hydrogens (tertiary/aromatic N) is 2. The lowest BCUT2D eigenvalue weighted by atomic mass is 10.2. The fourth-order valence-electron chi connectivity index (χ4n) is 1.59. The lowest BCUT2D eigenvalue weighted by Crippen LogP contribution is -2.26. The second-order valence-electron chi connectivity index (χ2n) is 3.78. The number of amides is 1. The van der Waals surface area contributed by atoms with Crippen molar-refractivity contribution in [2.45, 2.75) is 31.8 Å². The lowest BCUT2D eigenvalue weighted by Gasteiger charge is -2.06. The van der Waals surface area contributed by atoms with Gasteiger partial charge in [0, 0.05) is 18.9 Å². The maximum Gasteiger partial charge on any atom is 0.255 e. The molecule has 1 amide bonds. The number of aromatic nitrogens is 2. The first-order chi connectivity index (χ1) is 8.29.